The molecule has 1 aromatic heterocycles. The van der Waals surface area contributed by atoms with Gasteiger partial charge in [0.25, 0.3) is 5.91 Å². The molecule has 1 aliphatic rings. The summed E-state index contributed by atoms with van der Waals surface area (Å²) in [6, 6.07) is 0. The summed E-state index contributed by atoms with van der Waals surface area (Å²) < 4.78 is 1.69. The number of rotatable bonds is 3. The van der Waals surface area contributed by atoms with E-state index in [0.717, 1.165) is 6.42 Å². The van der Waals surface area contributed by atoms with Gasteiger partial charge in [0.15, 0.2) is 0 Å². The third-order valence-electron chi connectivity index (χ3n) is 3.26. The fraction of sp³-hybridized carbons (Fsp3) is 0.583. The Labute approximate surface area is 105 Å². The first-order valence-electron chi connectivity index (χ1n) is 6.16. The molecule has 0 aliphatic carbocycles. The van der Waals surface area contributed by atoms with Crippen LogP contribution in [0.25, 0.3) is 0 Å². The molecular weight excluding hydrogens is 234 g/mol. The van der Waals surface area contributed by atoms with E-state index < -0.39 is 11.9 Å². The molecule has 6 nitrogen and oxygen atoms in total. The van der Waals surface area contributed by atoms with Gasteiger partial charge < -0.3 is 10.0 Å². The van der Waals surface area contributed by atoms with E-state index >= 15 is 0 Å². The van der Waals surface area contributed by atoms with Gasteiger partial charge in [0.05, 0.1) is 17.7 Å². The van der Waals surface area contributed by atoms with E-state index in [2.05, 4.69) is 5.10 Å². The summed E-state index contributed by atoms with van der Waals surface area (Å²) in [7, 11) is 0. The summed E-state index contributed by atoms with van der Waals surface area (Å²) in [5.41, 5.74) is 0.530. The van der Waals surface area contributed by atoms with Crippen molar-refractivity contribution in [2.24, 2.45) is 5.92 Å². The highest BCUT2D eigenvalue weighted by atomic mass is 16.4. The standard InChI is InChI=1S/C12H17N3O3/c1-2-15-8-10(6-13-15)11(16)14-5-3-4-9(7-14)12(17)18/h6,8-9H,2-5,7H2,1H3,(H,17,18)/t9-/m1/s1. The predicted molar refractivity (Wildman–Crippen MR) is 64.2 cm³/mol. The Morgan fingerprint density at radius 1 is 1.56 bits per heavy atom. The number of amides is 1. The molecule has 1 amide bonds. The smallest absolute Gasteiger partial charge is 0.308 e. The van der Waals surface area contributed by atoms with E-state index in [4.69, 9.17) is 5.11 Å². The van der Waals surface area contributed by atoms with Gasteiger partial charge in [-0.25, -0.2) is 0 Å². The average molecular weight is 251 g/mol. The van der Waals surface area contributed by atoms with Crippen LogP contribution >= 0.6 is 0 Å². The number of carboxylic acids is 1. The van der Waals surface area contributed by atoms with Crippen molar-refractivity contribution >= 4 is 11.9 Å². The normalized spacial score (nSPS) is 19.8. The van der Waals surface area contributed by atoms with Crippen LogP contribution in [0.1, 0.15) is 30.1 Å². The van der Waals surface area contributed by atoms with Gasteiger partial charge in [-0.3, -0.25) is 14.3 Å². The van der Waals surface area contributed by atoms with Crippen molar-refractivity contribution in [1.82, 2.24) is 14.7 Å². The molecule has 0 radical (unpaired) electrons. The second kappa shape index (κ2) is 5.20. The number of carboxylic acid groups (broad SMARTS) is 1. The monoisotopic (exact) mass is 251 g/mol. The minimum absolute atomic E-state index is 0.124. The lowest BCUT2D eigenvalue weighted by Gasteiger charge is -2.30. The number of aromatic nitrogens is 2. The zero-order valence-corrected chi connectivity index (χ0v) is 10.4. The molecule has 1 aromatic rings. The summed E-state index contributed by atoms with van der Waals surface area (Å²) in [6.07, 6.45) is 4.63. The third kappa shape index (κ3) is 2.52. The summed E-state index contributed by atoms with van der Waals surface area (Å²) >= 11 is 0. The number of aliphatic carboxylic acids is 1. The van der Waals surface area contributed by atoms with E-state index in [1.54, 1.807) is 15.8 Å². The van der Waals surface area contributed by atoms with Gasteiger partial charge >= 0.3 is 5.97 Å². The second-order valence-corrected chi connectivity index (χ2v) is 4.51. The van der Waals surface area contributed by atoms with E-state index in [9.17, 15) is 9.59 Å². The Morgan fingerprint density at radius 2 is 2.33 bits per heavy atom. The van der Waals surface area contributed by atoms with Crippen LogP contribution < -0.4 is 0 Å². The van der Waals surface area contributed by atoms with E-state index in [1.165, 1.54) is 6.20 Å². The van der Waals surface area contributed by atoms with Crippen LogP contribution in [0, 0.1) is 5.92 Å². The van der Waals surface area contributed by atoms with Crippen LogP contribution in [0.15, 0.2) is 12.4 Å². The van der Waals surface area contributed by atoms with Crippen molar-refractivity contribution in [2.75, 3.05) is 13.1 Å². The minimum atomic E-state index is -0.822. The number of likely N-dealkylation sites (tertiary alicyclic amines) is 1. The minimum Gasteiger partial charge on any atom is -0.481 e. The van der Waals surface area contributed by atoms with Gasteiger partial charge in [-0.15, -0.1) is 0 Å². The number of carbonyl (C=O) groups excluding carboxylic acids is 1. The first-order chi connectivity index (χ1) is 8.61. The van der Waals surface area contributed by atoms with Crippen molar-refractivity contribution in [3.63, 3.8) is 0 Å². The number of nitrogens with zero attached hydrogens (tertiary/aromatic N) is 3. The molecule has 1 saturated heterocycles. The number of piperidine rings is 1. The summed E-state index contributed by atoms with van der Waals surface area (Å²) in [4.78, 5) is 24.7. The van der Waals surface area contributed by atoms with Crippen molar-refractivity contribution in [1.29, 1.82) is 0 Å². The highest BCUT2D eigenvalue weighted by molar-refractivity contribution is 5.94. The van der Waals surface area contributed by atoms with Crippen LogP contribution in [0.2, 0.25) is 0 Å². The molecule has 2 rings (SSSR count). The highest BCUT2D eigenvalue weighted by Crippen LogP contribution is 2.18. The SMILES string of the molecule is CCn1cc(C(=O)N2CCC[C@@H](C(=O)O)C2)cn1. The van der Waals surface area contributed by atoms with Crippen LogP contribution in [0.4, 0.5) is 0 Å². The van der Waals surface area contributed by atoms with Crippen molar-refractivity contribution in [3.05, 3.63) is 18.0 Å². The molecule has 0 bridgehead atoms. The molecule has 2 heterocycles. The zero-order chi connectivity index (χ0) is 13.1. The highest BCUT2D eigenvalue weighted by Gasteiger charge is 2.28. The lowest BCUT2D eigenvalue weighted by molar-refractivity contribution is -0.143. The number of hydrogen-bond donors (Lipinski definition) is 1. The number of aryl methyl sites for hydroxylation is 1. The van der Waals surface area contributed by atoms with Gasteiger partial charge in [0, 0.05) is 25.8 Å². The summed E-state index contributed by atoms with van der Waals surface area (Å²) in [5, 5.41) is 13.1. The van der Waals surface area contributed by atoms with Crippen LogP contribution in [-0.4, -0.2) is 44.8 Å². The molecule has 0 spiro atoms. The molecule has 1 fully saturated rings. The van der Waals surface area contributed by atoms with Crippen LogP contribution in [0.3, 0.4) is 0 Å². The molecule has 0 saturated carbocycles. The van der Waals surface area contributed by atoms with Crippen molar-refractivity contribution < 1.29 is 14.7 Å². The number of hydrogen-bond acceptors (Lipinski definition) is 3. The lowest BCUT2D eigenvalue weighted by Crippen LogP contribution is -2.42. The molecule has 1 atom stereocenters. The largest absolute Gasteiger partial charge is 0.481 e. The second-order valence-electron chi connectivity index (χ2n) is 4.51. The molecule has 0 aromatic carbocycles. The Balaban J connectivity index is 2.06. The Morgan fingerprint density at radius 3 is 2.94 bits per heavy atom. The van der Waals surface area contributed by atoms with E-state index in [1.807, 2.05) is 6.92 Å². The first kappa shape index (κ1) is 12.6. The predicted octanol–water partition coefficient (Wildman–Crippen LogP) is 0.840. The summed E-state index contributed by atoms with van der Waals surface area (Å²) in [5.74, 6) is -1.39. The van der Waals surface area contributed by atoms with Crippen molar-refractivity contribution in [3.8, 4) is 0 Å². The Bertz CT molecular complexity index is 455. The first-order valence-corrected chi connectivity index (χ1v) is 6.16. The molecule has 1 aliphatic heterocycles. The average Bonchev–Trinajstić information content (AvgIpc) is 2.86. The molecule has 98 valence electrons. The maximum Gasteiger partial charge on any atom is 0.308 e. The van der Waals surface area contributed by atoms with Gasteiger partial charge in [-0.1, -0.05) is 0 Å². The fourth-order valence-corrected chi connectivity index (χ4v) is 2.19. The quantitative estimate of drug-likeness (QED) is 0.863. The van der Waals surface area contributed by atoms with Crippen LogP contribution in [0.5, 0.6) is 0 Å². The van der Waals surface area contributed by atoms with E-state index in [0.29, 0.717) is 31.6 Å². The molecule has 1 N–H and O–H groups in total. The Hall–Kier alpha value is -1.85. The number of carbonyl (C=O) groups is 2. The Kier molecular flexibility index (Phi) is 3.64. The summed E-state index contributed by atoms with van der Waals surface area (Å²) in [6.45, 7) is 3.58. The lowest BCUT2D eigenvalue weighted by atomic mass is 9.98. The van der Waals surface area contributed by atoms with Gasteiger partial charge in [0.1, 0.15) is 0 Å². The zero-order valence-electron chi connectivity index (χ0n) is 10.4. The molecule has 0 unspecified atom stereocenters. The topological polar surface area (TPSA) is 75.4 Å². The third-order valence-corrected chi connectivity index (χ3v) is 3.26. The van der Waals surface area contributed by atoms with Crippen LogP contribution in [-0.2, 0) is 11.3 Å². The van der Waals surface area contributed by atoms with Gasteiger partial charge in [0.2, 0.25) is 0 Å². The molecular formula is C12H17N3O3. The van der Waals surface area contributed by atoms with Gasteiger partial charge in [-0.05, 0) is 19.8 Å². The molecule has 18 heavy (non-hydrogen) atoms. The maximum absolute atomic E-state index is 12.2. The van der Waals surface area contributed by atoms with Crippen molar-refractivity contribution in [2.45, 2.75) is 26.3 Å². The van der Waals surface area contributed by atoms with Gasteiger partial charge in [-0.2, -0.15) is 5.10 Å². The maximum atomic E-state index is 12.2. The van der Waals surface area contributed by atoms with E-state index in [-0.39, 0.29) is 5.91 Å². The molecule has 6 heteroatoms. The fourth-order valence-electron chi connectivity index (χ4n) is 2.19.